The molecule has 0 spiro atoms. The summed E-state index contributed by atoms with van der Waals surface area (Å²) >= 11 is 0. The van der Waals surface area contributed by atoms with Crippen molar-refractivity contribution in [1.29, 1.82) is 0 Å². The monoisotopic (exact) mass is 523 g/mol. The van der Waals surface area contributed by atoms with Crippen molar-refractivity contribution in [2.45, 2.75) is 46.3 Å². The summed E-state index contributed by atoms with van der Waals surface area (Å²) in [4.78, 5) is 16.9. The van der Waals surface area contributed by atoms with Gasteiger partial charge in [0, 0.05) is 30.4 Å². The lowest BCUT2D eigenvalue weighted by molar-refractivity contribution is -0.140. The fourth-order valence-electron chi connectivity index (χ4n) is 4.32. The molecule has 2 aliphatic rings. The van der Waals surface area contributed by atoms with E-state index in [0.717, 1.165) is 28.5 Å². The minimum Gasteiger partial charge on any atom is -0.325 e. The molecule has 192 valence electrons. The van der Waals surface area contributed by atoms with Gasteiger partial charge in [-0.15, -0.1) is 0 Å². The van der Waals surface area contributed by atoms with Crippen LogP contribution in [0.4, 0.5) is 23.2 Å². The molecule has 2 heterocycles. The number of allylic oxidation sites excluding steroid dienone is 1. The molecule has 1 atom stereocenters. The number of benzene rings is 2. The Hall–Kier alpha value is -3.05. The highest BCUT2D eigenvalue weighted by Crippen LogP contribution is 2.34. The molecule has 0 aromatic heterocycles. The quantitative estimate of drug-likeness (QED) is 0.562. The van der Waals surface area contributed by atoms with Crippen LogP contribution >= 0.6 is 0 Å². The Kier molecular flexibility index (Phi) is 6.82. The second kappa shape index (κ2) is 9.44. The molecule has 1 unspecified atom stereocenters. The maximum Gasteiger partial charge on any atom is 0.419 e. The van der Waals surface area contributed by atoms with E-state index in [9.17, 15) is 30.8 Å². The molecule has 1 amide bonds. The van der Waals surface area contributed by atoms with Crippen LogP contribution in [0, 0.1) is 18.7 Å². The van der Waals surface area contributed by atoms with Gasteiger partial charge in [-0.3, -0.25) is 4.79 Å². The number of sulfonamides is 1. The van der Waals surface area contributed by atoms with E-state index in [4.69, 9.17) is 0 Å². The molecule has 0 saturated carbocycles. The predicted octanol–water partition coefficient (Wildman–Crippen LogP) is 4.97. The number of carbonyl (C=O) groups is 1. The summed E-state index contributed by atoms with van der Waals surface area (Å²) in [6.07, 6.45) is -3.15. The number of alkyl halides is 3. The molecule has 6 nitrogen and oxygen atoms in total. The van der Waals surface area contributed by atoms with Crippen molar-refractivity contribution in [3.05, 3.63) is 75.1 Å². The Labute approximate surface area is 206 Å². The van der Waals surface area contributed by atoms with Gasteiger partial charge < -0.3 is 5.32 Å². The summed E-state index contributed by atoms with van der Waals surface area (Å²) in [6, 6.07) is 5.98. The lowest BCUT2D eigenvalue weighted by Gasteiger charge is -2.30. The average Bonchev–Trinajstić information content (AvgIpc) is 3.13. The second-order valence-electron chi connectivity index (χ2n) is 9.07. The summed E-state index contributed by atoms with van der Waals surface area (Å²) in [5.41, 5.74) is 2.27. The summed E-state index contributed by atoms with van der Waals surface area (Å²) in [5.74, 6) is -2.00. The zero-order valence-corrected chi connectivity index (χ0v) is 20.7. The van der Waals surface area contributed by atoms with Crippen molar-refractivity contribution in [3.8, 4) is 0 Å². The third-order valence-corrected chi connectivity index (χ3v) is 8.23. The summed E-state index contributed by atoms with van der Waals surface area (Å²) in [7, 11) is -3.77. The third kappa shape index (κ3) is 5.08. The minimum absolute atomic E-state index is 0.0420. The topological polar surface area (TPSA) is 78.8 Å². The van der Waals surface area contributed by atoms with Gasteiger partial charge in [-0.05, 0) is 60.7 Å². The number of anilines is 1. The Morgan fingerprint density at radius 1 is 1.19 bits per heavy atom. The third-order valence-electron chi connectivity index (χ3n) is 6.49. The molecule has 0 fully saturated rings. The first kappa shape index (κ1) is 26.0. The van der Waals surface area contributed by atoms with Crippen molar-refractivity contribution in [3.63, 3.8) is 0 Å². The van der Waals surface area contributed by atoms with Gasteiger partial charge in [-0.25, -0.2) is 17.8 Å². The highest BCUT2D eigenvalue weighted by Gasteiger charge is 2.35. The van der Waals surface area contributed by atoms with Crippen LogP contribution in [0.25, 0.3) is 0 Å². The molecule has 0 bridgehead atoms. The number of nitrogens with zero attached hydrogens (tertiary/aromatic N) is 2. The Morgan fingerprint density at radius 3 is 2.53 bits per heavy atom. The Bertz CT molecular complexity index is 1400. The summed E-state index contributed by atoms with van der Waals surface area (Å²) < 4.78 is 79.8. The first-order valence-corrected chi connectivity index (χ1v) is 12.8. The van der Waals surface area contributed by atoms with Crippen molar-refractivity contribution in [2.75, 3.05) is 11.9 Å². The van der Waals surface area contributed by atoms with Crippen LogP contribution in [0.3, 0.4) is 0 Å². The number of fused-ring (bicyclic) bond motifs is 1. The number of halogens is 4. The molecule has 0 aliphatic carbocycles. The van der Waals surface area contributed by atoms with Crippen molar-refractivity contribution < 1.29 is 30.8 Å². The molecule has 2 aromatic rings. The molecule has 0 radical (unpaired) electrons. The van der Waals surface area contributed by atoms with Gasteiger partial charge in [-0.1, -0.05) is 25.1 Å². The van der Waals surface area contributed by atoms with Crippen LogP contribution in [0.15, 0.2) is 46.4 Å². The maximum absolute atomic E-state index is 13.9. The van der Waals surface area contributed by atoms with E-state index in [-0.39, 0.29) is 36.0 Å². The molecule has 11 heteroatoms. The zero-order valence-electron chi connectivity index (χ0n) is 19.9. The number of aryl methyl sites for hydroxylation is 1. The maximum atomic E-state index is 13.9. The average molecular weight is 524 g/mol. The lowest BCUT2D eigenvalue weighted by Crippen LogP contribution is -2.36. The smallest absolute Gasteiger partial charge is 0.325 e. The van der Waals surface area contributed by atoms with Gasteiger partial charge in [0.05, 0.1) is 12.0 Å². The van der Waals surface area contributed by atoms with Crippen LogP contribution in [0.2, 0.25) is 0 Å². The van der Waals surface area contributed by atoms with E-state index in [2.05, 4.69) is 10.3 Å². The van der Waals surface area contributed by atoms with Gasteiger partial charge in [-0.2, -0.15) is 17.5 Å². The van der Waals surface area contributed by atoms with E-state index in [1.54, 1.807) is 26.0 Å². The number of rotatable bonds is 5. The fraction of sp³-hybridized carbons (Fsp3) is 0.360. The number of aliphatic imine (C=N–C) groups is 1. The van der Waals surface area contributed by atoms with E-state index in [1.165, 1.54) is 4.31 Å². The fourth-order valence-corrected chi connectivity index (χ4v) is 5.86. The zero-order chi connectivity index (χ0) is 26.4. The molecule has 2 aromatic carbocycles. The highest BCUT2D eigenvalue weighted by atomic mass is 32.2. The Balaban J connectivity index is 1.52. The van der Waals surface area contributed by atoms with Gasteiger partial charge in [0.2, 0.25) is 5.91 Å². The van der Waals surface area contributed by atoms with E-state index < -0.39 is 33.5 Å². The largest absolute Gasteiger partial charge is 0.419 e. The number of hydrogen-bond donors (Lipinski definition) is 1. The standard InChI is InChI=1S/C25H25F4N3O3S/c1-14-4-6-18-13-32(36(34,35)23-10-15(2)16(3)30-23)9-8-19(18)24(14)31-22(33)12-17-5-7-20(21(26)11-17)25(27,28)29/h4-7,10-11,15H,8-9,12-13H2,1-3H3,(H,31,33). The van der Waals surface area contributed by atoms with E-state index >= 15 is 0 Å². The number of nitrogens with one attached hydrogen (secondary N) is 1. The molecule has 1 N–H and O–H groups in total. The van der Waals surface area contributed by atoms with Crippen LogP contribution in [0.5, 0.6) is 0 Å². The predicted molar refractivity (Wildman–Crippen MR) is 128 cm³/mol. The summed E-state index contributed by atoms with van der Waals surface area (Å²) in [6.45, 7) is 5.77. The number of amides is 1. The highest BCUT2D eigenvalue weighted by molar-refractivity contribution is 7.93. The van der Waals surface area contributed by atoms with Crippen LogP contribution in [-0.4, -0.2) is 30.9 Å². The summed E-state index contributed by atoms with van der Waals surface area (Å²) in [5, 5.41) is 2.83. The minimum atomic E-state index is -4.82. The normalized spacial score (nSPS) is 18.5. The second-order valence-corrected chi connectivity index (χ2v) is 11.0. The van der Waals surface area contributed by atoms with Crippen LogP contribution in [0.1, 0.15) is 41.7 Å². The lowest BCUT2D eigenvalue weighted by atomic mass is 9.95. The molecule has 4 rings (SSSR count). The molecule has 2 aliphatic heterocycles. The molecule has 36 heavy (non-hydrogen) atoms. The first-order valence-electron chi connectivity index (χ1n) is 11.3. The van der Waals surface area contributed by atoms with E-state index in [0.29, 0.717) is 24.2 Å². The molecular weight excluding hydrogens is 498 g/mol. The van der Waals surface area contributed by atoms with Crippen LogP contribution < -0.4 is 5.32 Å². The van der Waals surface area contributed by atoms with Gasteiger partial charge in [0.1, 0.15) is 5.82 Å². The van der Waals surface area contributed by atoms with Crippen molar-refractivity contribution in [2.24, 2.45) is 10.9 Å². The van der Waals surface area contributed by atoms with Gasteiger partial charge in [0.25, 0.3) is 10.0 Å². The number of hydrogen-bond acceptors (Lipinski definition) is 4. The van der Waals surface area contributed by atoms with Crippen molar-refractivity contribution in [1.82, 2.24) is 4.31 Å². The SMILES string of the molecule is CC1=NC(S(=O)(=O)N2CCc3c(ccc(C)c3NC(=O)Cc3ccc(C(F)(F)F)c(F)c3)C2)=CC1C. The van der Waals surface area contributed by atoms with Crippen LogP contribution in [-0.2, 0) is 40.4 Å². The molecular formula is C25H25F4N3O3S. The number of carbonyl (C=O) groups excluding carboxylic acids is 1. The van der Waals surface area contributed by atoms with Gasteiger partial charge in [0.15, 0.2) is 5.03 Å². The first-order chi connectivity index (χ1) is 16.8. The van der Waals surface area contributed by atoms with Gasteiger partial charge >= 0.3 is 6.18 Å². The van der Waals surface area contributed by atoms with E-state index in [1.807, 2.05) is 13.0 Å². The van der Waals surface area contributed by atoms with Crippen molar-refractivity contribution >= 4 is 27.3 Å². The molecule has 0 saturated heterocycles. The Morgan fingerprint density at radius 2 is 1.92 bits per heavy atom.